The van der Waals surface area contributed by atoms with Gasteiger partial charge < -0.3 is 5.32 Å². The number of nitrogens with one attached hydrogen (secondary N) is 1. The first-order valence-corrected chi connectivity index (χ1v) is 7.14. The van der Waals surface area contributed by atoms with Gasteiger partial charge in [-0.3, -0.25) is 4.90 Å². The molecule has 2 nitrogen and oxygen atoms in total. The van der Waals surface area contributed by atoms with Crippen LogP contribution in [0.5, 0.6) is 0 Å². The molecule has 0 spiro atoms. The van der Waals surface area contributed by atoms with Crippen LogP contribution in [-0.2, 0) is 12.7 Å². The van der Waals surface area contributed by atoms with Gasteiger partial charge in [-0.2, -0.15) is 13.2 Å². The van der Waals surface area contributed by atoms with E-state index in [2.05, 4.69) is 10.2 Å². The normalized spacial score (nSPS) is 27.6. The van der Waals surface area contributed by atoms with Crippen molar-refractivity contribution in [2.24, 2.45) is 5.92 Å². The van der Waals surface area contributed by atoms with Gasteiger partial charge in [0.2, 0.25) is 0 Å². The maximum Gasteiger partial charge on any atom is 0.416 e. The van der Waals surface area contributed by atoms with Crippen molar-refractivity contribution < 1.29 is 13.2 Å². The van der Waals surface area contributed by atoms with Gasteiger partial charge in [0.25, 0.3) is 0 Å². The molecule has 1 N–H and O–H groups in total. The van der Waals surface area contributed by atoms with Crippen LogP contribution in [0.4, 0.5) is 13.2 Å². The number of hydrogen-bond donors (Lipinski definition) is 1. The maximum absolute atomic E-state index is 12.7. The molecule has 20 heavy (non-hydrogen) atoms. The van der Waals surface area contributed by atoms with E-state index in [0.29, 0.717) is 18.5 Å². The van der Waals surface area contributed by atoms with Crippen LogP contribution in [-0.4, -0.2) is 30.6 Å². The Morgan fingerprint density at radius 2 is 2.10 bits per heavy atom. The Hall–Kier alpha value is -1.07. The zero-order valence-electron chi connectivity index (χ0n) is 11.3. The minimum atomic E-state index is -4.25. The number of alkyl halides is 3. The topological polar surface area (TPSA) is 15.3 Å². The van der Waals surface area contributed by atoms with Gasteiger partial charge in [0.05, 0.1) is 5.56 Å². The van der Waals surface area contributed by atoms with Gasteiger partial charge in [0.1, 0.15) is 0 Å². The number of nitrogens with zero attached hydrogens (tertiary/aromatic N) is 1. The van der Waals surface area contributed by atoms with Gasteiger partial charge in [-0.15, -0.1) is 0 Å². The first-order valence-electron chi connectivity index (χ1n) is 7.14. The van der Waals surface area contributed by atoms with Crippen molar-refractivity contribution >= 4 is 0 Å². The molecule has 1 aromatic carbocycles. The minimum Gasteiger partial charge on any atom is -0.312 e. The molecular weight excluding hydrogens is 265 g/mol. The average molecular weight is 284 g/mol. The molecule has 5 heteroatoms. The quantitative estimate of drug-likeness (QED) is 0.898. The van der Waals surface area contributed by atoms with Gasteiger partial charge in [0.15, 0.2) is 0 Å². The molecule has 0 unspecified atom stereocenters. The Balaban J connectivity index is 1.66. The van der Waals surface area contributed by atoms with Gasteiger partial charge >= 0.3 is 6.18 Å². The number of hydrogen-bond acceptors (Lipinski definition) is 2. The lowest BCUT2D eigenvalue weighted by Crippen LogP contribution is -2.40. The molecule has 2 atom stereocenters. The summed E-state index contributed by atoms with van der Waals surface area (Å²) < 4.78 is 38.1. The first kappa shape index (κ1) is 13.9. The van der Waals surface area contributed by atoms with Crippen LogP contribution in [0.15, 0.2) is 24.3 Å². The van der Waals surface area contributed by atoms with E-state index in [1.807, 2.05) is 0 Å². The number of halogens is 3. The van der Waals surface area contributed by atoms with Crippen molar-refractivity contribution in [3.05, 3.63) is 35.4 Å². The molecule has 0 aromatic heterocycles. The lowest BCUT2D eigenvalue weighted by molar-refractivity contribution is -0.137. The summed E-state index contributed by atoms with van der Waals surface area (Å²) in [5, 5.41) is 3.51. The van der Waals surface area contributed by atoms with E-state index in [9.17, 15) is 13.2 Å². The third kappa shape index (κ3) is 2.99. The SMILES string of the molecule is FC(F)(F)c1cccc(CN2C[C@@H]3CCCN[C@@H]3C2)c1. The molecular formula is C15H19F3N2. The van der Waals surface area contributed by atoms with Crippen molar-refractivity contribution in [2.45, 2.75) is 31.6 Å². The van der Waals surface area contributed by atoms with E-state index in [4.69, 9.17) is 0 Å². The highest BCUT2D eigenvalue weighted by Gasteiger charge is 2.34. The number of rotatable bonds is 2. The van der Waals surface area contributed by atoms with Crippen molar-refractivity contribution in [1.82, 2.24) is 10.2 Å². The predicted molar refractivity (Wildman–Crippen MR) is 71.2 cm³/mol. The van der Waals surface area contributed by atoms with Crippen LogP contribution in [0.3, 0.4) is 0 Å². The lowest BCUT2D eigenvalue weighted by atomic mass is 9.94. The number of fused-ring (bicyclic) bond motifs is 1. The summed E-state index contributed by atoms with van der Waals surface area (Å²) in [7, 11) is 0. The molecule has 1 aromatic rings. The minimum absolute atomic E-state index is 0.523. The maximum atomic E-state index is 12.7. The van der Waals surface area contributed by atoms with Crippen molar-refractivity contribution in [3.8, 4) is 0 Å². The van der Waals surface area contributed by atoms with Gasteiger partial charge in [-0.25, -0.2) is 0 Å². The predicted octanol–water partition coefficient (Wildman–Crippen LogP) is 2.89. The van der Waals surface area contributed by atoms with Crippen LogP contribution < -0.4 is 5.32 Å². The van der Waals surface area contributed by atoms with Crippen LogP contribution in [0, 0.1) is 5.92 Å². The highest BCUT2D eigenvalue weighted by molar-refractivity contribution is 5.25. The van der Waals surface area contributed by atoms with E-state index in [1.54, 1.807) is 6.07 Å². The van der Waals surface area contributed by atoms with Crippen molar-refractivity contribution in [1.29, 1.82) is 0 Å². The smallest absolute Gasteiger partial charge is 0.312 e. The molecule has 0 saturated carbocycles. The third-order valence-electron chi connectivity index (χ3n) is 4.34. The Kier molecular flexibility index (Phi) is 3.73. The monoisotopic (exact) mass is 284 g/mol. The van der Waals surface area contributed by atoms with Gasteiger partial charge in [0, 0.05) is 25.7 Å². The summed E-state index contributed by atoms with van der Waals surface area (Å²) >= 11 is 0. The second-order valence-electron chi connectivity index (χ2n) is 5.86. The number of benzene rings is 1. The molecule has 2 aliphatic heterocycles. The van der Waals surface area contributed by atoms with E-state index >= 15 is 0 Å². The average Bonchev–Trinajstić information content (AvgIpc) is 2.80. The number of piperidine rings is 1. The third-order valence-corrected chi connectivity index (χ3v) is 4.34. The van der Waals surface area contributed by atoms with Gasteiger partial charge in [-0.1, -0.05) is 18.2 Å². The zero-order chi connectivity index (χ0) is 14.2. The van der Waals surface area contributed by atoms with Crippen molar-refractivity contribution in [2.75, 3.05) is 19.6 Å². The lowest BCUT2D eigenvalue weighted by Gasteiger charge is -2.24. The van der Waals surface area contributed by atoms with Crippen LogP contribution in [0.25, 0.3) is 0 Å². The van der Waals surface area contributed by atoms with Crippen LogP contribution >= 0.6 is 0 Å². The second kappa shape index (κ2) is 5.37. The summed E-state index contributed by atoms with van der Waals surface area (Å²) in [6, 6.07) is 6.21. The molecule has 0 aliphatic carbocycles. The van der Waals surface area contributed by atoms with Crippen LogP contribution in [0.2, 0.25) is 0 Å². The van der Waals surface area contributed by atoms with E-state index in [0.717, 1.165) is 31.3 Å². The van der Waals surface area contributed by atoms with E-state index in [1.165, 1.54) is 25.0 Å². The standard InChI is InChI=1S/C15H19F3N2/c16-15(17,18)13-5-1-3-11(7-13)8-20-9-12-4-2-6-19-14(12)10-20/h1,3,5,7,12,14,19H,2,4,6,8-10H2/t12-,14+/m0/s1. The fourth-order valence-corrected chi connectivity index (χ4v) is 3.37. The molecule has 2 heterocycles. The largest absolute Gasteiger partial charge is 0.416 e. The molecule has 2 aliphatic rings. The Bertz CT molecular complexity index is 458. The highest BCUT2D eigenvalue weighted by Crippen LogP contribution is 2.31. The summed E-state index contributed by atoms with van der Waals surface area (Å²) in [6.07, 6.45) is -1.81. The molecule has 2 fully saturated rings. The summed E-state index contributed by atoms with van der Waals surface area (Å²) in [5.41, 5.74) is 0.197. The molecule has 0 bridgehead atoms. The summed E-state index contributed by atoms with van der Waals surface area (Å²) in [5.74, 6) is 0.662. The molecule has 110 valence electrons. The van der Waals surface area contributed by atoms with E-state index < -0.39 is 11.7 Å². The fourth-order valence-electron chi connectivity index (χ4n) is 3.37. The molecule has 0 amide bonds. The Morgan fingerprint density at radius 3 is 2.85 bits per heavy atom. The fraction of sp³-hybridized carbons (Fsp3) is 0.600. The zero-order valence-corrected chi connectivity index (χ0v) is 11.3. The highest BCUT2D eigenvalue weighted by atomic mass is 19.4. The molecule has 0 radical (unpaired) electrons. The first-order chi connectivity index (χ1) is 9.52. The van der Waals surface area contributed by atoms with Gasteiger partial charge in [-0.05, 0) is 36.9 Å². The second-order valence-corrected chi connectivity index (χ2v) is 5.86. The van der Waals surface area contributed by atoms with E-state index in [-0.39, 0.29) is 0 Å². The Labute approximate surface area is 117 Å². The molecule has 2 saturated heterocycles. The van der Waals surface area contributed by atoms with Crippen molar-refractivity contribution in [3.63, 3.8) is 0 Å². The summed E-state index contributed by atoms with van der Waals surface area (Å²) in [6.45, 7) is 3.62. The number of likely N-dealkylation sites (tertiary alicyclic amines) is 1. The Morgan fingerprint density at radius 1 is 1.25 bits per heavy atom. The summed E-state index contributed by atoms with van der Waals surface area (Å²) in [4.78, 5) is 2.27. The molecule has 3 rings (SSSR count). The van der Waals surface area contributed by atoms with Crippen LogP contribution in [0.1, 0.15) is 24.0 Å².